The summed E-state index contributed by atoms with van der Waals surface area (Å²) in [7, 11) is 0. The first-order valence-electron chi connectivity index (χ1n) is 6.09. The molecule has 0 rings (SSSR count). The molecule has 16 heavy (non-hydrogen) atoms. The zero-order valence-electron chi connectivity index (χ0n) is 11.0. The molecule has 1 atom stereocenters. The van der Waals surface area contributed by atoms with E-state index in [0.717, 1.165) is 19.4 Å². The topological polar surface area (TPSA) is 61.4 Å². The maximum absolute atomic E-state index is 11.7. The summed E-state index contributed by atoms with van der Waals surface area (Å²) < 4.78 is 0. The smallest absolute Gasteiger partial charge is 0.236 e. The monoisotopic (exact) mass is 230 g/mol. The van der Waals surface area contributed by atoms with Crippen molar-refractivity contribution in [3.8, 4) is 0 Å². The van der Waals surface area contributed by atoms with E-state index >= 15 is 0 Å². The van der Waals surface area contributed by atoms with Gasteiger partial charge >= 0.3 is 0 Å². The van der Waals surface area contributed by atoms with Crippen LogP contribution in [-0.2, 0) is 4.79 Å². The molecule has 0 spiro atoms. The van der Waals surface area contributed by atoms with E-state index < -0.39 is 0 Å². The average molecular weight is 230 g/mol. The van der Waals surface area contributed by atoms with E-state index in [2.05, 4.69) is 17.6 Å². The number of carbonyl (C=O) groups is 1. The first kappa shape index (κ1) is 15.4. The Morgan fingerprint density at radius 1 is 1.44 bits per heavy atom. The lowest BCUT2D eigenvalue weighted by molar-refractivity contribution is -0.123. The molecule has 1 amide bonds. The largest absolute Gasteiger partial charge is 0.396 e. The molecule has 0 aliphatic rings. The number of amides is 1. The van der Waals surface area contributed by atoms with Gasteiger partial charge in [0.25, 0.3) is 0 Å². The Bertz CT molecular complexity index is 205. The lowest BCUT2D eigenvalue weighted by Gasteiger charge is -2.29. The summed E-state index contributed by atoms with van der Waals surface area (Å²) in [6, 6.07) is -0.224. The molecule has 0 aromatic rings. The summed E-state index contributed by atoms with van der Waals surface area (Å²) in [6.07, 6.45) is 2.73. The highest BCUT2D eigenvalue weighted by Crippen LogP contribution is 2.08. The second kappa shape index (κ2) is 7.63. The lowest BCUT2D eigenvalue weighted by atomic mass is 10.00. The van der Waals surface area contributed by atoms with Crippen LogP contribution in [-0.4, -0.2) is 35.7 Å². The Kier molecular flexibility index (Phi) is 7.34. The van der Waals surface area contributed by atoms with Gasteiger partial charge in [0.1, 0.15) is 0 Å². The SMILES string of the molecule is CCCCNC(=O)C(C)NC(C)(C)CCO. The molecule has 96 valence electrons. The first-order valence-corrected chi connectivity index (χ1v) is 6.09. The predicted octanol–water partition coefficient (Wildman–Crippen LogP) is 1.04. The second-order valence-corrected chi connectivity index (χ2v) is 4.87. The highest BCUT2D eigenvalue weighted by Gasteiger charge is 2.22. The van der Waals surface area contributed by atoms with E-state index in [1.807, 2.05) is 20.8 Å². The van der Waals surface area contributed by atoms with Crippen molar-refractivity contribution in [3.05, 3.63) is 0 Å². The van der Waals surface area contributed by atoms with Crippen LogP contribution < -0.4 is 10.6 Å². The van der Waals surface area contributed by atoms with Crippen LogP contribution in [0, 0.1) is 0 Å². The third kappa shape index (κ3) is 6.80. The highest BCUT2D eigenvalue weighted by atomic mass is 16.3. The summed E-state index contributed by atoms with van der Waals surface area (Å²) in [5.41, 5.74) is -0.212. The summed E-state index contributed by atoms with van der Waals surface area (Å²) >= 11 is 0. The Labute approximate surface area is 98.8 Å². The van der Waals surface area contributed by atoms with Gasteiger partial charge in [-0.05, 0) is 33.6 Å². The van der Waals surface area contributed by atoms with Crippen LogP contribution in [0.25, 0.3) is 0 Å². The van der Waals surface area contributed by atoms with Gasteiger partial charge in [-0.1, -0.05) is 13.3 Å². The number of carbonyl (C=O) groups excluding carboxylic acids is 1. The van der Waals surface area contributed by atoms with Crippen LogP contribution in [0.2, 0.25) is 0 Å². The fourth-order valence-electron chi connectivity index (χ4n) is 1.54. The third-order valence-electron chi connectivity index (χ3n) is 2.57. The van der Waals surface area contributed by atoms with Crippen LogP contribution >= 0.6 is 0 Å². The van der Waals surface area contributed by atoms with Crippen molar-refractivity contribution < 1.29 is 9.90 Å². The number of aliphatic hydroxyl groups excluding tert-OH is 1. The standard InChI is InChI=1S/C12H26N2O2/c1-5-6-8-13-11(16)10(2)14-12(3,4)7-9-15/h10,14-15H,5-9H2,1-4H3,(H,13,16). The zero-order valence-corrected chi connectivity index (χ0v) is 11.0. The van der Waals surface area contributed by atoms with Gasteiger partial charge in [-0.25, -0.2) is 0 Å². The van der Waals surface area contributed by atoms with Crippen LogP contribution in [0.15, 0.2) is 0 Å². The van der Waals surface area contributed by atoms with E-state index in [0.29, 0.717) is 6.42 Å². The maximum atomic E-state index is 11.7. The van der Waals surface area contributed by atoms with Crippen molar-refractivity contribution in [1.82, 2.24) is 10.6 Å². The lowest BCUT2D eigenvalue weighted by Crippen LogP contribution is -2.51. The third-order valence-corrected chi connectivity index (χ3v) is 2.57. The van der Waals surface area contributed by atoms with E-state index in [1.54, 1.807) is 0 Å². The van der Waals surface area contributed by atoms with Gasteiger partial charge in [0.2, 0.25) is 5.91 Å². The van der Waals surface area contributed by atoms with Crippen molar-refractivity contribution >= 4 is 5.91 Å². The molecule has 3 N–H and O–H groups in total. The predicted molar refractivity (Wildman–Crippen MR) is 66.3 cm³/mol. The van der Waals surface area contributed by atoms with Crippen molar-refractivity contribution in [2.45, 2.75) is 58.5 Å². The molecule has 0 aliphatic heterocycles. The number of nitrogens with one attached hydrogen (secondary N) is 2. The Balaban J connectivity index is 3.94. The van der Waals surface area contributed by atoms with E-state index in [1.165, 1.54) is 0 Å². The average Bonchev–Trinajstić information content (AvgIpc) is 2.16. The van der Waals surface area contributed by atoms with E-state index in [4.69, 9.17) is 5.11 Å². The molecule has 0 aromatic carbocycles. The second-order valence-electron chi connectivity index (χ2n) is 4.87. The molecule has 0 bridgehead atoms. The van der Waals surface area contributed by atoms with Crippen molar-refractivity contribution in [2.24, 2.45) is 0 Å². The van der Waals surface area contributed by atoms with Crippen molar-refractivity contribution in [3.63, 3.8) is 0 Å². The molecule has 0 saturated carbocycles. The fourth-order valence-corrected chi connectivity index (χ4v) is 1.54. The molecule has 0 aliphatic carbocycles. The molecule has 0 aromatic heterocycles. The van der Waals surface area contributed by atoms with E-state index in [-0.39, 0.29) is 24.1 Å². The van der Waals surface area contributed by atoms with Gasteiger partial charge in [-0.15, -0.1) is 0 Å². The van der Waals surface area contributed by atoms with Crippen molar-refractivity contribution in [1.29, 1.82) is 0 Å². The maximum Gasteiger partial charge on any atom is 0.236 e. The Morgan fingerprint density at radius 3 is 2.56 bits per heavy atom. The fraction of sp³-hybridized carbons (Fsp3) is 0.917. The summed E-state index contributed by atoms with van der Waals surface area (Å²) in [6.45, 7) is 8.78. The van der Waals surface area contributed by atoms with E-state index in [9.17, 15) is 4.79 Å². The molecule has 0 heterocycles. The normalized spacial score (nSPS) is 13.6. The van der Waals surface area contributed by atoms with Crippen LogP contribution in [0.1, 0.15) is 47.0 Å². The number of unbranched alkanes of at least 4 members (excludes halogenated alkanes) is 1. The van der Waals surface area contributed by atoms with Gasteiger partial charge in [-0.3, -0.25) is 4.79 Å². The van der Waals surface area contributed by atoms with Crippen LogP contribution in [0.4, 0.5) is 0 Å². The molecule has 4 heteroatoms. The molecular formula is C12H26N2O2. The van der Waals surface area contributed by atoms with Gasteiger partial charge in [0.15, 0.2) is 0 Å². The first-order chi connectivity index (χ1) is 7.43. The Morgan fingerprint density at radius 2 is 2.06 bits per heavy atom. The molecular weight excluding hydrogens is 204 g/mol. The number of hydrogen-bond donors (Lipinski definition) is 3. The number of aliphatic hydroxyl groups is 1. The minimum atomic E-state index is -0.224. The van der Waals surface area contributed by atoms with Gasteiger partial charge in [0, 0.05) is 18.7 Å². The Hall–Kier alpha value is -0.610. The molecule has 1 unspecified atom stereocenters. The highest BCUT2D eigenvalue weighted by molar-refractivity contribution is 5.81. The molecule has 0 saturated heterocycles. The summed E-state index contributed by atoms with van der Waals surface area (Å²) in [5, 5.41) is 15.0. The zero-order chi connectivity index (χ0) is 12.6. The van der Waals surface area contributed by atoms with Crippen molar-refractivity contribution in [2.75, 3.05) is 13.2 Å². The van der Waals surface area contributed by atoms with Gasteiger partial charge in [-0.2, -0.15) is 0 Å². The minimum Gasteiger partial charge on any atom is -0.396 e. The minimum absolute atomic E-state index is 0.0273. The van der Waals surface area contributed by atoms with Crippen LogP contribution in [0.3, 0.4) is 0 Å². The summed E-state index contributed by atoms with van der Waals surface area (Å²) in [5.74, 6) is 0.0273. The van der Waals surface area contributed by atoms with Gasteiger partial charge < -0.3 is 15.7 Å². The number of rotatable bonds is 8. The number of hydrogen-bond acceptors (Lipinski definition) is 3. The molecule has 0 fully saturated rings. The molecule has 4 nitrogen and oxygen atoms in total. The van der Waals surface area contributed by atoms with Crippen LogP contribution in [0.5, 0.6) is 0 Å². The quantitative estimate of drug-likeness (QED) is 0.546. The van der Waals surface area contributed by atoms with Gasteiger partial charge in [0.05, 0.1) is 6.04 Å². The summed E-state index contributed by atoms with van der Waals surface area (Å²) in [4.78, 5) is 11.7. The molecule has 0 radical (unpaired) electrons.